The Bertz CT molecular complexity index is 3370. The van der Waals surface area contributed by atoms with E-state index in [9.17, 15) is 0 Å². The van der Waals surface area contributed by atoms with Crippen LogP contribution in [0.3, 0.4) is 0 Å². The van der Waals surface area contributed by atoms with Gasteiger partial charge in [0.15, 0.2) is 0 Å². The van der Waals surface area contributed by atoms with Gasteiger partial charge in [-0.1, -0.05) is 178 Å². The minimum atomic E-state index is -0.134. The van der Waals surface area contributed by atoms with Crippen LogP contribution < -0.4 is 0 Å². The van der Waals surface area contributed by atoms with Crippen molar-refractivity contribution < 1.29 is 0 Å². The fourth-order valence-corrected chi connectivity index (χ4v) is 11.3. The maximum atomic E-state index is 2.42. The fourth-order valence-electron chi connectivity index (χ4n) is 10.2. The number of hydrogen-bond donors (Lipinski definition) is 0. The molecule has 0 unspecified atom stereocenters. The van der Waals surface area contributed by atoms with Gasteiger partial charge in [0, 0.05) is 25.6 Å². The third kappa shape index (κ3) is 4.35. The predicted octanol–water partition coefficient (Wildman–Crippen LogP) is 16.0. The van der Waals surface area contributed by atoms with Gasteiger partial charge >= 0.3 is 0 Å². The smallest absolute Gasteiger partial charge is 0.0355 e. The topological polar surface area (TPSA) is 0 Å². The largest absolute Gasteiger partial charge is 0.135 e. The van der Waals surface area contributed by atoms with Crippen LogP contribution in [0.2, 0.25) is 0 Å². The quantitative estimate of drug-likeness (QED) is 0.126. The van der Waals surface area contributed by atoms with E-state index < -0.39 is 0 Å². The lowest BCUT2D eigenvalue weighted by Gasteiger charge is -2.24. The molecule has 1 heterocycles. The minimum absolute atomic E-state index is 0.134. The van der Waals surface area contributed by atoms with Gasteiger partial charge in [0.05, 0.1) is 0 Å². The Kier molecular flexibility index (Phi) is 6.66. The molecular weight excluding hydrogens is 693 g/mol. The maximum absolute atomic E-state index is 2.42. The Morgan fingerprint density at radius 1 is 0.321 bits per heavy atom. The van der Waals surface area contributed by atoms with E-state index in [1.807, 2.05) is 11.3 Å². The van der Waals surface area contributed by atoms with Gasteiger partial charge in [0.25, 0.3) is 0 Å². The van der Waals surface area contributed by atoms with E-state index in [1.54, 1.807) is 0 Å². The Balaban J connectivity index is 1.05. The molecule has 0 fully saturated rings. The molecule has 56 heavy (non-hydrogen) atoms. The number of fused-ring (bicyclic) bond motifs is 13. The summed E-state index contributed by atoms with van der Waals surface area (Å²) >= 11 is 1.88. The van der Waals surface area contributed by atoms with E-state index in [0.717, 1.165) is 0 Å². The van der Waals surface area contributed by atoms with Crippen molar-refractivity contribution in [3.8, 4) is 44.5 Å². The Labute approximate surface area is 329 Å². The van der Waals surface area contributed by atoms with Crippen LogP contribution in [0.4, 0.5) is 0 Å². The second-order valence-corrected chi connectivity index (χ2v) is 17.0. The van der Waals surface area contributed by atoms with Crippen LogP contribution in [0.1, 0.15) is 25.0 Å². The van der Waals surface area contributed by atoms with Crippen LogP contribution in [-0.4, -0.2) is 0 Å². The molecule has 0 amide bonds. The lowest BCUT2D eigenvalue weighted by Crippen LogP contribution is -2.15. The van der Waals surface area contributed by atoms with Crippen molar-refractivity contribution >= 4 is 74.6 Å². The molecular formula is C55H36S. The van der Waals surface area contributed by atoms with Gasteiger partial charge in [0.1, 0.15) is 0 Å². The summed E-state index contributed by atoms with van der Waals surface area (Å²) in [7, 11) is 0. The van der Waals surface area contributed by atoms with Gasteiger partial charge in [-0.3, -0.25) is 0 Å². The summed E-state index contributed by atoms with van der Waals surface area (Å²) in [5.41, 5.74) is 13.1. The highest BCUT2D eigenvalue weighted by Gasteiger charge is 2.39. The zero-order valence-corrected chi connectivity index (χ0v) is 32.0. The molecule has 0 atom stereocenters. The van der Waals surface area contributed by atoms with Gasteiger partial charge in [-0.05, 0) is 117 Å². The molecule has 0 bridgehead atoms. The summed E-state index contributed by atoms with van der Waals surface area (Å²) in [6.07, 6.45) is 0. The van der Waals surface area contributed by atoms with E-state index in [2.05, 4.69) is 196 Å². The van der Waals surface area contributed by atoms with Crippen molar-refractivity contribution in [3.63, 3.8) is 0 Å². The number of hydrogen-bond acceptors (Lipinski definition) is 1. The van der Waals surface area contributed by atoms with Crippen molar-refractivity contribution in [2.24, 2.45) is 0 Å². The molecule has 262 valence electrons. The van der Waals surface area contributed by atoms with Crippen molar-refractivity contribution in [2.45, 2.75) is 19.3 Å². The first-order valence-electron chi connectivity index (χ1n) is 19.6. The molecule has 0 radical (unpaired) electrons. The average molecular weight is 729 g/mol. The van der Waals surface area contributed by atoms with Gasteiger partial charge in [-0.25, -0.2) is 0 Å². The second-order valence-electron chi connectivity index (χ2n) is 15.9. The van der Waals surface area contributed by atoms with Crippen LogP contribution in [0.15, 0.2) is 182 Å². The van der Waals surface area contributed by atoms with E-state index in [0.29, 0.717) is 0 Å². The lowest BCUT2D eigenvalue weighted by molar-refractivity contribution is 0.666. The SMILES string of the molecule is CC1(C)c2cccc(-c3ccc(-c4c5ccccc5c(-c5ccc6sc7ccccc7c6c5)c5ccccc45)cc3)c2-c2c1c1ccccc1c1ccccc21. The van der Waals surface area contributed by atoms with Crippen molar-refractivity contribution in [1.29, 1.82) is 0 Å². The molecule has 1 heteroatoms. The molecule has 0 N–H and O–H groups in total. The van der Waals surface area contributed by atoms with E-state index >= 15 is 0 Å². The highest BCUT2D eigenvalue weighted by Crippen LogP contribution is 2.57. The van der Waals surface area contributed by atoms with Crippen LogP contribution in [0.25, 0.3) is 108 Å². The zero-order valence-electron chi connectivity index (χ0n) is 31.2. The van der Waals surface area contributed by atoms with Gasteiger partial charge in [-0.15, -0.1) is 11.3 Å². The fraction of sp³-hybridized carbons (Fsp3) is 0.0545. The highest BCUT2D eigenvalue weighted by atomic mass is 32.1. The normalized spacial score (nSPS) is 13.3. The van der Waals surface area contributed by atoms with Crippen LogP contribution in [-0.2, 0) is 5.41 Å². The predicted molar refractivity (Wildman–Crippen MR) is 243 cm³/mol. The molecule has 1 aliphatic rings. The molecule has 0 saturated heterocycles. The molecule has 12 rings (SSSR count). The molecule has 10 aromatic carbocycles. The molecule has 1 aromatic heterocycles. The number of thiophene rings is 1. The lowest BCUT2D eigenvalue weighted by atomic mass is 9.79. The molecule has 11 aromatic rings. The molecule has 1 aliphatic carbocycles. The summed E-state index contributed by atoms with van der Waals surface area (Å²) in [6.45, 7) is 4.82. The molecule has 0 spiro atoms. The van der Waals surface area contributed by atoms with Gasteiger partial charge in [0.2, 0.25) is 0 Å². The summed E-state index contributed by atoms with van der Waals surface area (Å²) in [5.74, 6) is 0. The monoisotopic (exact) mass is 728 g/mol. The second kappa shape index (κ2) is 11.7. The first kappa shape index (κ1) is 31.8. The Morgan fingerprint density at radius 2 is 0.786 bits per heavy atom. The third-order valence-electron chi connectivity index (χ3n) is 12.6. The molecule has 0 nitrogen and oxygen atoms in total. The van der Waals surface area contributed by atoms with Crippen molar-refractivity contribution in [1.82, 2.24) is 0 Å². The molecule has 0 aliphatic heterocycles. The van der Waals surface area contributed by atoms with Gasteiger partial charge < -0.3 is 0 Å². The third-order valence-corrected chi connectivity index (χ3v) is 13.8. The summed E-state index contributed by atoms with van der Waals surface area (Å²) in [4.78, 5) is 0. The van der Waals surface area contributed by atoms with E-state index in [4.69, 9.17) is 0 Å². The first-order chi connectivity index (χ1) is 27.6. The van der Waals surface area contributed by atoms with Crippen molar-refractivity contribution in [3.05, 3.63) is 193 Å². The average Bonchev–Trinajstić information content (AvgIpc) is 3.74. The Morgan fingerprint density at radius 3 is 1.43 bits per heavy atom. The van der Waals surface area contributed by atoms with Crippen LogP contribution in [0, 0.1) is 0 Å². The standard InChI is InChI=1S/C55H36S/c1-55(2)47-24-13-23-36(52(47)53-40-17-5-3-14-37(40)38-15-4-10-22-45(38)54(53)55)33-26-28-34(29-27-33)50-41-18-6-8-20-43(41)51(44-21-9-7-19-42(44)50)35-30-31-49-46(32-35)39-16-11-12-25-48(39)56-49/h3-32H,1-2H3. The highest BCUT2D eigenvalue weighted by molar-refractivity contribution is 7.25. The van der Waals surface area contributed by atoms with E-state index in [-0.39, 0.29) is 5.41 Å². The maximum Gasteiger partial charge on any atom is 0.0355 e. The van der Waals surface area contributed by atoms with E-state index in [1.165, 1.54) is 119 Å². The number of benzene rings is 10. The minimum Gasteiger partial charge on any atom is -0.135 e. The first-order valence-corrected chi connectivity index (χ1v) is 20.4. The summed E-state index contributed by atoms with van der Waals surface area (Å²) < 4.78 is 2.67. The summed E-state index contributed by atoms with van der Waals surface area (Å²) in [6, 6.07) is 68.2. The van der Waals surface area contributed by atoms with Crippen LogP contribution >= 0.6 is 11.3 Å². The zero-order chi connectivity index (χ0) is 37.1. The van der Waals surface area contributed by atoms with Crippen LogP contribution in [0.5, 0.6) is 0 Å². The number of rotatable bonds is 3. The Hall–Kier alpha value is -6.54. The van der Waals surface area contributed by atoms with Crippen molar-refractivity contribution in [2.75, 3.05) is 0 Å². The van der Waals surface area contributed by atoms with Gasteiger partial charge in [-0.2, -0.15) is 0 Å². The molecule has 0 saturated carbocycles. The summed E-state index contributed by atoms with van der Waals surface area (Å²) in [5, 5.41) is 13.1.